The summed E-state index contributed by atoms with van der Waals surface area (Å²) in [4.78, 5) is 12.8. The van der Waals surface area contributed by atoms with E-state index in [-0.39, 0.29) is 17.5 Å². The Hall–Kier alpha value is -2.57. The number of rotatable bonds is 6. The summed E-state index contributed by atoms with van der Waals surface area (Å²) in [7, 11) is 0. The Morgan fingerprint density at radius 3 is 1.72 bits per heavy atom. The van der Waals surface area contributed by atoms with Gasteiger partial charge >= 0.3 is 0 Å². The lowest BCUT2D eigenvalue weighted by atomic mass is 10.1. The number of nitrogens with two attached hydrogens (primary N) is 2. The maximum Gasteiger partial charge on any atom is 0.200 e. The van der Waals surface area contributed by atoms with E-state index < -0.39 is 0 Å². The van der Waals surface area contributed by atoms with Gasteiger partial charge in [0.2, 0.25) is 5.43 Å². The smallest absolute Gasteiger partial charge is 0.200 e. The van der Waals surface area contributed by atoms with Gasteiger partial charge in [-0.05, 0) is 50.2 Å². The molecule has 3 aromatic rings. The quantitative estimate of drug-likeness (QED) is 0.667. The number of ether oxygens (including phenoxy) is 2. The molecule has 4 N–H and O–H groups in total. The Bertz CT molecular complexity index is 874. The summed E-state index contributed by atoms with van der Waals surface area (Å²) < 4.78 is 17.0. The van der Waals surface area contributed by atoms with Crippen LogP contribution in [0.4, 0.5) is 0 Å². The third kappa shape index (κ3) is 3.92. The number of fused-ring (bicyclic) bond motifs is 2. The van der Waals surface area contributed by atoms with Crippen LogP contribution in [-0.4, -0.2) is 25.3 Å². The van der Waals surface area contributed by atoms with Crippen LogP contribution in [0.5, 0.6) is 11.5 Å². The monoisotopic (exact) mass is 342 g/mol. The molecule has 0 bridgehead atoms. The van der Waals surface area contributed by atoms with Gasteiger partial charge in [-0.1, -0.05) is 0 Å². The lowest BCUT2D eigenvalue weighted by Gasteiger charge is -2.10. The van der Waals surface area contributed by atoms with Crippen molar-refractivity contribution in [3.05, 3.63) is 46.6 Å². The van der Waals surface area contributed by atoms with Gasteiger partial charge in [0, 0.05) is 12.1 Å². The molecule has 0 amide bonds. The van der Waals surface area contributed by atoms with Gasteiger partial charge in [0.25, 0.3) is 0 Å². The summed E-state index contributed by atoms with van der Waals surface area (Å²) in [6.07, 6.45) is 0. The predicted molar refractivity (Wildman–Crippen MR) is 98.3 cm³/mol. The molecule has 2 atom stereocenters. The van der Waals surface area contributed by atoms with Crippen LogP contribution in [0.25, 0.3) is 21.9 Å². The maximum absolute atomic E-state index is 12.8. The van der Waals surface area contributed by atoms with Crippen molar-refractivity contribution in [3.8, 4) is 11.5 Å². The molecule has 0 saturated heterocycles. The normalized spacial score (nSPS) is 13.8. The van der Waals surface area contributed by atoms with Crippen molar-refractivity contribution >= 4 is 21.9 Å². The van der Waals surface area contributed by atoms with E-state index >= 15 is 0 Å². The van der Waals surface area contributed by atoms with E-state index in [9.17, 15) is 4.79 Å². The van der Waals surface area contributed by atoms with Crippen LogP contribution in [0, 0.1) is 0 Å². The molecule has 6 nitrogen and oxygen atoms in total. The first-order valence-corrected chi connectivity index (χ1v) is 8.21. The Balaban J connectivity index is 2.03. The summed E-state index contributed by atoms with van der Waals surface area (Å²) in [6.45, 7) is 4.46. The zero-order valence-electron chi connectivity index (χ0n) is 14.3. The van der Waals surface area contributed by atoms with Crippen LogP contribution < -0.4 is 26.4 Å². The summed E-state index contributed by atoms with van der Waals surface area (Å²) in [5, 5.41) is 0.915. The van der Waals surface area contributed by atoms with Gasteiger partial charge in [-0.3, -0.25) is 4.79 Å². The van der Waals surface area contributed by atoms with Gasteiger partial charge in [-0.2, -0.15) is 0 Å². The van der Waals surface area contributed by atoms with Crippen molar-refractivity contribution in [2.24, 2.45) is 11.5 Å². The maximum atomic E-state index is 12.8. The molecule has 1 aromatic heterocycles. The predicted octanol–water partition coefficient (Wildman–Crippen LogP) is 2.40. The Morgan fingerprint density at radius 2 is 1.32 bits per heavy atom. The van der Waals surface area contributed by atoms with E-state index in [0.717, 1.165) is 0 Å². The van der Waals surface area contributed by atoms with E-state index in [0.29, 0.717) is 46.7 Å². The molecule has 132 valence electrons. The SMILES string of the molecule is CC(N)COc1ccc2oc3ccc(OCC(C)N)cc3c(=O)c2c1. The largest absolute Gasteiger partial charge is 0.492 e. The van der Waals surface area contributed by atoms with Gasteiger partial charge in [-0.15, -0.1) is 0 Å². The molecule has 6 heteroatoms. The van der Waals surface area contributed by atoms with Crippen LogP contribution in [-0.2, 0) is 0 Å². The van der Waals surface area contributed by atoms with Crippen molar-refractivity contribution < 1.29 is 13.9 Å². The molecule has 3 rings (SSSR count). The second kappa shape index (κ2) is 7.13. The fourth-order valence-electron chi connectivity index (χ4n) is 2.45. The van der Waals surface area contributed by atoms with Gasteiger partial charge in [0.15, 0.2) is 0 Å². The van der Waals surface area contributed by atoms with Gasteiger partial charge in [0.1, 0.15) is 35.9 Å². The van der Waals surface area contributed by atoms with E-state index in [1.807, 2.05) is 13.8 Å². The van der Waals surface area contributed by atoms with Crippen molar-refractivity contribution in [2.45, 2.75) is 25.9 Å². The van der Waals surface area contributed by atoms with Gasteiger partial charge < -0.3 is 25.4 Å². The molecule has 0 radical (unpaired) electrons. The molecular weight excluding hydrogens is 320 g/mol. The number of hydrogen-bond donors (Lipinski definition) is 2. The van der Waals surface area contributed by atoms with Crippen LogP contribution in [0.15, 0.2) is 45.6 Å². The molecule has 0 aliphatic heterocycles. The lowest BCUT2D eigenvalue weighted by molar-refractivity contribution is 0.296. The van der Waals surface area contributed by atoms with Crippen LogP contribution >= 0.6 is 0 Å². The molecule has 0 aliphatic rings. The Labute approximate surface area is 145 Å². The van der Waals surface area contributed by atoms with Crippen molar-refractivity contribution in [1.29, 1.82) is 0 Å². The molecular formula is C19H22N2O4. The topological polar surface area (TPSA) is 101 Å². The molecule has 1 heterocycles. The van der Waals surface area contributed by atoms with Crippen LogP contribution in [0.2, 0.25) is 0 Å². The third-order valence-corrected chi connectivity index (χ3v) is 3.64. The Morgan fingerprint density at radius 1 is 0.880 bits per heavy atom. The minimum atomic E-state index is -0.131. The summed E-state index contributed by atoms with van der Waals surface area (Å²) in [5.74, 6) is 1.17. The first kappa shape index (κ1) is 17.3. The minimum Gasteiger partial charge on any atom is -0.492 e. The third-order valence-electron chi connectivity index (χ3n) is 3.64. The van der Waals surface area contributed by atoms with Gasteiger partial charge in [0.05, 0.1) is 10.8 Å². The van der Waals surface area contributed by atoms with Crippen molar-refractivity contribution in [1.82, 2.24) is 0 Å². The molecule has 0 saturated carbocycles. The summed E-state index contributed by atoms with van der Waals surface area (Å²) in [5.41, 5.74) is 12.3. The van der Waals surface area contributed by atoms with Crippen LogP contribution in [0.3, 0.4) is 0 Å². The zero-order valence-corrected chi connectivity index (χ0v) is 14.3. The molecule has 0 spiro atoms. The fraction of sp³-hybridized carbons (Fsp3) is 0.316. The van der Waals surface area contributed by atoms with Crippen molar-refractivity contribution in [3.63, 3.8) is 0 Å². The first-order chi connectivity index (χ1) is 11.9. The van der Waals surface area contributed by atoms with E-state index in [1.165, 1.54) is 0 Å². The highest BCUT2D eigenvalue weighted by Crippen LogP contribution is 2.25. The minimum absolute atomic E-state index is 0.0895. The molecule has 0 fully saturated rings. The highest BCUT2D eigenvalue weighted by Gasteiger charge is 2.11. The highest BCUT2D eigenvalue weighted by molar-refractivity contribution is 5.90. The molecule has 2 unspecified atom stereocenters. The lowest BCUT2D eigenvalue weighted by Crippen LogP contribution is -2.23. The van der Waals surface area contributed by atoms with Crippen LogP contribution in [0.1, 0.15) is 13.8 Å². The first-order valence-electron chi connectivity index (χ1n) is 8.21. The van der Waals surface area contributed by atoms with Crippen molar-refractivity contribution in [2.75, 3.05) is 13.2 Å². The van der Waals surface area contributed by atoms with E-state index in [1.54, 1.807) is 36.4 Å². The number of benzene rings is 2. The second-order valence-electron chi connectivity index (χ2n) is 6.32. The average Bonchev–Trinajstić information content (AvgIpc) is 2.58. The van der Waals surface area contributed by atoms with Gasteiger partial charge in [-0.25, -0.2) is 0 Å². The Kier molecular flexibility index (Phi) is 4.92. The van der Waals surface area contributed by atoms with E-state index in [4.69, 9.17) is 25.4 Å². The average molecular weight is 342 g/mol. The highest BCUT2D eigenvalue weighted by atomic mass is 16.5. The molecule has 25 heavy (non-hydrogen) atoms. The van der Waals surface area contributed by atoms with E-state index in [2.05, 4.69) is 0 Å². The molecule has 0 aliphatic carbocycles. The summed E-state index contributed by atoms with van der Waals surface area (Å²) in [6, 6.07) is 10.2. The second-order valence-corrected chi connectivity index (χ2v) is 6.32. The standard InChI is InChI=1S/C19H22N2O4/c1-11(20)9-23-13-3-5-17-15(7-13)19(22)16-8-14(24-10-12(2)21)4-6-18(16)25-17/h3-8,11-12H,9-10,20-21H2,1-2H3. The number of hydrogen-bond acceptors (Lipinski definition) is 6. The molecule has 2 aromatic carbocycles. The summed E-state index contributed by atoms with van der Waals surface area (Å²) >= 11 is 0. The fourth-order valence-corrected chi connectivity index (χ4v) is 2.45. The zero-order chi connectivity index (χ0) is 18.0.